The number of esters is 1. The number of methoxy groups -OCH3 is 1. The molecule has 3 N–H and O–H groups in total. The molecule has 0 heterocycles. The lowest BCUT2D eigenvalue weighted by atomic mass is 10.0. The Kier molecular flexibility index (Phi) is 5.45. The van der Waals surface area contributed by atoms with Gasteiger partial charge in [-0.1, -0.05) is 12.8 Å². The van der Waals surface area contributed by atoms with Gasteiger partial charge in [-0.05, 0) is 31.0 Å². The molecule has 0 atom stereocenters. The number of nitrogens with two attached hydrogens (primary N) is 1. The zero-order chi connectivity index (χ0) is 18.9. The Morgan fingerprint density at radius 2 is 1.92 bits per heavy atom. The molecule has 140 valence electrons. The number of nitrogens with one attached hydrogen (secondary N) is 1. The molecule has 25 heavy (non-hydrogen) atoms. The fourth-order valence-corrected chi connectivity index (χ4v) is 4.45. The number of hydrogen-bond acceptors (Lipinski definition) is 5. The van der Waals surface area contributed by atoms with Crippen LogP contribution in [0.4, 0.5) is 13.2 Å². The first-order valence-corrected chi connectivity index (χ1v) is 9.07. The molecular formula is C15H19F3N2O4S. The zero-order valence-electron chi connectivity index (χ0n) is 13.5. The van der Waals surface area contributed by atoms with Gasteiger partial charge in [-0.2, -0.15) is 13.2 Å². The zero-order valence-corrected chi connectivity index (χ0v) is 14.3. The van der Waals surface area contributed by atoms with Crippen molar-refractivity contribution in [3.05, 3.63) is 29.3 Å². The van der Waals surface area contributed by atoms with Crippen molar-refractivity contribution in [3.8, 4) is 0 Å². The van der Waals surface area contributed by atoms with Crippen LogP contribution in [0.5, 0.6) is 0 Å². The molecule has 0 unspecified atom stereocenters. The van der Waals surface area contributed by atoms with Gasteiger partial charge in [-0.15, -0.1) is 0 Å². The van der Waals surface area contributed by atoms with Gasteiger partial charge in [0, 0.05) is 12.1 Å². The fourth-order valence-electron chi connectivity index (χ4n) is 2.96. The number of carbonyl (C=O) groups excluding carboxylic acids is 1. The van der Waals surface area contributed by atoms with E-state index in [1.165, 1.54) is 0 Å². The molecule has 1 fully saturated rings. The van der Waals surface area contributed by atoms with Crippen LogP contribution < -0.4 is 10.5 Å². The lowest BCUT2D eigenvalue weighted by Crippen LogP contribution is -2.51. The third-order valence-corrected chi connectivity index (χ3v) is 5.89. The van der Waals surface area contributed by atoms with E-state index in [0.717, 1.165) is 32.1 Å². The second-order valence-electron chi connectivity index (χ2n) is 5.99. The monoisotopic (exact) mass is 380 g/mol. The quantitative estimate of drug-likeness (QED) is 0.762. The number of alkyl halides is 3. The number of hydrogen-bond donors (Lipinski definition) is 2. The topological polar surface area (TPSA) is 98.5 Å². The van der Waals surface area contributed by atoms with Crippen molar-refractivity contribution < 1.29 is 31.1 Å². The van der Waals surface area contributed by atoms with Crippen LogP contribution >= 0.6 is 0 Å². The number of ether oxygens (including phenoxy) is 1. The Balaban J connectivity index is 2.46. The SMILES string of the molecule is COC(=O)c1ccc(S(=O)(=O)NC2(CN)CCCC2)cc1C(F)(F)F. The van der Waals surface area contributed by atoms with Crippen molar-refractivity contribution in [2.24, 2.45) is 5.73 Å². The second kappa shape index (κ2) is 6.93. The van der Waals surface area contributed by atoms with Crippen LogP contribution in [0.2, 0.25) is 0 Å². The summed E-state index contributed by atoms with van der Waals surface area (Å²) >= 11 is 0. The summed E-state index contributed by atoms with van der Waals surface area (Å²) in [7, 11) is -3.28. The number of carbonyl (C=O) groups is 1. The maximum Gasteiger partial charge on any atom is 0.417 e. The van der Waals surface area contributed by atoms with E-state index in [2.05, 4.69) is 9.46 Å². The maximum atomic E-state index is 13.2. The third-order valence-electron chi connectivity index (χ3n) is 4.31. The summed E-state index contributed by atoms with van der Waals surface area (Å²) in [6.07, 6.45) is -2.29. The molecule has 0 aliphatic heterocycles. The molecule has 1 aromatic carbocycles. The molecule has 0 saturated heterocycles. The lowest BCUT2D eigenvalue weighted by Gasteiger charge is -2.28. The van der Waals surface area contributed by atoms with Crippen LogP contribution in [0.15, 0.2) is 23.1 Å². The summed E-state index contributed by atoms with van der Waals surface area (Å²) in [6.45, 7) is 0.0542. The summed E-state index contributed by atoms with van der Waals surface area (Å²) in [5, 5.41) is 0. The molecule has 1 aromatic rings. The average Bonchev–Trinajstić information content (AvgIpc) is 3.01. The highest BCUT2D eigenvalue weighted by molar-refractivity contribution is 7.89. The normalized spacial score (nSPS) is 17.5. The first-order chi connectivity index (χ1) is 11.5. The van der Waals surface area contributed by atoms with Gasteiger partial charge < -0.3 is 10.5 Å². The van der Waals surface area contributed by atoms with Crippen molar-refractivity contribution in [1.82, 2.24) is 4.72 Å². The number of halogens is 3. The lowest BCUT2D eigenvalue weighted by molar-refractivity contribution is -0.138. The number of sulfonamides is 1. The van der Waals surface area contributed by atoms with Crippen LogP contribution in [-0.2, 0) is 20.9 Å². The van der Waals surface area contributed by atoms with Crippen LogP contribution in [-0.4, -0.2) is 33.6 Å². The van der Waals surface area contributed by atoms with Crippen LogP contribution in [0.1, 0.15) is 41.6 Å². The summed E-state index contributed by atoms with van der Waals surface area (Å²) in [4.78, 5) is 10.9. The van der Waals surface area contributed by atoms with Crippen molar-refractivity contribution in [1.29, 1.82) is 0 Å². The Hall–Kier alpha value is -1.65. The van der Waals surface area contributed by atoms with Crippen molar-refractivity contribution in [3.63, 3.8) is 0 Å². The molecule has 0 radical (unpaired) electrons. The van der Waals surface area contributed by atoms with Gasteiger partial charge in [-0.25, -0.2) is 17.9 Å². The van der Waals surface area contributed by atoms with Crippen molar-refractivity contribution >= 4 is 16.0 Å². The minimum Gasteiger partial charge on any atom is -0.465 e. The van der Waals surface area contributed by atoms with E-state index < -0.39 is 43.7 Å². The number of benzene rings is 1. The second-order valence-corrected chi connectivity index (χ2v) is 7.68. The van der Waals surface area contributed by atoms with E-state index in [4.69, 9.17) is 5.73 Å². The highest BCUT2D eigenvalue weighted by Gasteiger charge is 2.39. The molecule has 6 nitrogen and oxygen atoms in total. The molecule has 1 saturated carbocycles. The van der Waals surface area contributed by atoms with Crippen LogP contribution in [0.3, 0.4) is 0 Å². The van der Waals surface area contributed by atoms with Gasteiger partial charge in [-0.3, -0.25) is 0 Å². The van der Waals surface area contributed by atoms with Crippen LogP contribution in [0, 0.1) is 0 Å². The first-order valence-electron chi connectivity index (χ1n) is 7.58. The van der Waals surface area contributed by atoms with Gasteiger partial charge in [0.1, 0.15) is 0 Å². The smallest absolute Gasteiger partial charge is 0.417 e. The standard InChI is InChI=1S/C15H19F3N2O4S/c1-24-13(21)11-5-4-10(8-12(11)15(16,17)18)25(22,23)20-14(9-19)6-2-3-7-14/h4-5,8,20H,2-3,6-7,9,19H2,1H3. The van der Waals surface area contributed by atoms with E-state index >= 15 is 0 Å². The van der Waals surface area contributed by atoms with E-state index in [-0.39, 0.29) is 6.54 Å². The van der Waals surface area contributed by atoms with Gasteiger partial charge in [0.25, 0.3) is 0 Å². The molecule has 1 aliphatic carbocycles. The summed E-state index contributed by atoms with van der Waals surface area (Å²) in [5.74, 6) is -1.20. The molecule has 2 rings (SSSR count). The van der Waals surface area contributed by atoms with Crippen molar-refractivity contribution in [2.75, 3.05) is 13.7 Å². The molecule has 1 aliphatic rings. The molecule has 0 amide bonds. The maximum absolute atomic E-state index is 13.2. The highest BCUT2D eigenvalue weighted by atomic mass is 32.2. The van der Waals surface area contributed by atoms with Gasteiger partial charge >= 0.3 is 12.1 Å². The molecule has 10 heteroatoms. The fraction of sp³-hybridized carbons (Fsp3) is 0.533. The predicted molar refractivity (Wildman–Crippen MR) is 83.4 cm³/mol. The Bertz CT molecular complexity index is 757. The third kappa shape index (κ3) is 4.13. The minimum absolute atomic E-state index is 0.0542. The van der Waals surface area contributed by atoms with E-state index in [1.54, 1.807) is 0 Å². The van der Waals surface area contributed by atoms with Crippen LogP contribution in [0.25, 0.3) is 0 Å². The Labute approximate surface area is 143 Å². The summed E-state index contributed by atoms with van der Waals surface area (Å²) in [5.41, 5.74) is 2.71. The molecule has 0 bridgehead atoms. The van der Waals surface area contributed by atoms with E-state index in [1.807, 2.05) is 0 Å². The van der Waals surface area contributed by atoms with Gasteiger partial charge in [0.15, 0.2) is 0 Å². The molecule has 0 spiro atoms. The Morgan fingerprint density at radius 1 is 1.32 bits per heavy atom. The molecular weight excluding hydrogens is 361 g/mol. The predicted octanol–water partition coefficient (Wildman–Crippen LogP) is 2.04. The Morgan fingerprint density at radius 3 is 2.40 bits per heavy atom. The van der Waals surface area contributed by atoms with Gasteiger partial charge in [0.05, 0.1) is 23.1 Å². The number of rotatable bonds is 5. The largest absolute Gasteiger partial charge is 0.465 e. The summed E-state index contributed by atoms with van der Waals surface area (Å²) < 4.78 is 71.5. The van der Waals surface area contributed by atoms with E-state index in [0.29, 0.717) is 18.9 Å². The molecule has 0 aromatic heterocycles. The average molecular weight is 380 g/mol. The first kappa shape index (κ1) is 19.7. The summed E-state index contributed by atoms with van der Waals surface area (Å²) in [6, 6.07) is 2.18. The highest BCUT2D eigenvalue weighted by Crippen LogP contribution is 2.35. The minimum atomic E-state index is -4.91. The van der Waals surface area contributed by atoms with Crippen molar-refractivity contribution in [2.45, 2.75) is 42.3 Å². The van der Waals surface area contributed by atoms with Gasteiger partial charge in [0.2, 0.25) is 10.0 Å². The van der Waals surface area contributed by atoms with E-state index in [9.17, 15) is 26.4 Å².